The molecule has 122 valence electrons. The molecule has 0 saturated carbocycles. The number of hydrogen-bond acceptors (Lipinski definition) is 4. The Balaban J connectivity index is 2.65. The first-order chi connectivity index (χ1) is 10.3. The molecule has 22 heavy (non-hydrogen) atoms. The van der Waals surface area contributed by atoms with Crippen molar-refractivity contribution < 1.29 is 19.1 Å². The summed E-state index contributed by atoms with van der Waals surface area (Å²) in [5.74, 6) is 0.162. The molecule has 0 spiro atoms. The fraction of sp³-hybridized carbons (Fsp3) is 0.529. The topological polar surface area (TPSA) is 64.6 Å². The molecule has 1 rings (SSSR count). The van der Waals surface area contributed by atoms with E-state index in [-0.39, 0.29) is 11.9 Å². The first kappa shape index (κ1) is 18.0. The molecule has 0 aliphatic heterocycles. The second-order valence-corrected chi connectivity index (χ2v) is 5.94. The maximum absolute atomic E-state index is 12.1. The van der Waals surface area contributed by atoms with Gasteiger partial charge in [0.15, 0.2) is 6.10 Å². The van der Waals surface area contributed by atoms with Crippen molar-refractivity contribution in [3.63, 3.8) is 0 Å². The van der Waals surface area contributed by atoms with Crippen LogP contribution in [0, 0.1) is 5.92 Å². The van der Waals surface area contributed by atoms with Gasteiger partial charge in [-0.2, -0.15) is 0 Å². The van der Waals surface area contributed by atoms with Crippen molar-refractivity contribution in [1.82, 2.24) is 5.32 Å². The zero-order valence-electron chi connectivity index (χ0n) is 13.9. The van der Waals surface area contributed by atoms with Gasteiger partial charge in [0.2, 0.25) is 0 Å². The van der Waals surface area contributed by atoms with Crippen LogP contribution in [0.3, 0.4) is 0 Å². The standard InChI is InChI=1S/C17H25NO4/c1-11(2)10-21-15-8-6-7-14(9-15)17(20)22-13(5)16(19)18-12(3)4/h6-9,11-13H,10H2,1-5H3,(H,18,19). The molecule has 1 unspecified atom stereocenters. The summed E-state index contributed by atoms with van der Waals surface area (Å²) in [6.45, 7) is 9.92. The van der Waals surface area contributed by atoms with Crippen molar-refractivity contribution in [2.75, 3.05) is 6.61 Å². The Morgan fingerprint density at radius 1 is 1.14 bits per heavy atom. The van der Waals surface area contributed by atoms with Crippen molar-refractivity contribution >= 4 is 11.9 Å². The lowest BCUT2D eigenvalue weighted by Gasteiger charge is -2.15. The van der Waals surface area contributed by atoms with Crippen LogP contribution in [-0.4, -0.2) is 30.6 Å². The van der Waals surface area contributed by atoms with E-state index in [0.717, 1.165) is 0 Å². The number of benzene rings is 1. The van der Waals surface area contributed by atoms with E-state index in [9.17, 15) is 9.59 Å². The summed E-state index contributed by atoms with van der Waals surface area (Å²) in [5, 5.41) is 2.70. The van der Waals surface area contributed by atoms with Gasteiger partial charge in [0.05, 0.1) is 12.2 Å². The van der Waals surface area contributed by atoms with Crippen LogP contribution in [0.25, 0.3) is 0 Å². The van der Waals surface area contributed by atoms with Crippen LogP contribution in [0.4, 0.5) is 0 Å². The van der Waals surface area contributed by atoms with Crippen molar-refractivity contribution in [3.8, 4) is 5.75 Å². The molecule has 0 aliphatic carbocycles. The number of hydrogen-bond donors (Lipinski definition) is 1. The summed E-state index contributed by atoms with van der Waals surface area (Å²) >= 11 is 0. The molecule has 5 nitrogen and oxygen atoms in total. The monoisotopic (exact) mass is 307 g/mol. The van der Waals surface area contributed by atoms with Gasteiger partial charge in [-0.15, -0.1) is 0 Å². The SMILES string of the molecule is CC(C)COc1cccc(C(=O)OC(C)C(=O)NC(C)C)c1. The van der Waals surface area contributed by atoms with Gasteiger partial charge in [-0.05, 0) is 44.9 Å². The van der Waals surface area contributed by atoms with Crippen LogP contribution in [-0.2, 0) is 9.53 Å². The molecular weight excluding hydrogens is 282 g/mol. The molecular formula is C17H25NO4. The molecule has 0 saturated heterocycles. The number of carbonyl (C=O) groups is 2. The molecule has 0 bridgehead atoms. The van der Waals surface area contributed by atoms with Gasteiger partial charge in [0.25, 0.3) is 5.91 Å². The van der Waals surface area contributed by atoms with Crippen molar-refractivity contribution in [1.29, 1.82) is 0 Å². The molecule has 0 aliphatic rings. The minimum atomic E-state index is -0.838. The quantitative estimate of drug-likeness (QED) is 0.787. The van der Waals surface area contributed by atoms with Crippen molar-refractivity contribution in [3.05, 3.63) is 29.8 Å². The molecule has 1 aromatic rings. The highest BCUT2D eigenvalue weighted by atomic mass is 16.5. The zero-order chi connectivity index (χ0) is 16.7. The predicted octanol–water partition coefficient (Wildman–Crippen LogP) is 2.79. The summed E-state index contributed by atoms with van der Waals surface area (Å²) < 4.78 is 10.7. The van der Waals surface area contributed by atoms with Crippen LogP contribution in [0.15, 0.2) is 24.3 Å². The number of carbonyl (C=O) groups excluding carboxylic acids is 2. The minimum absolute atomic E-state index is 0.00131. The summed E-state index contributed by atoms with van der Waals surface area (Å²) in [7, 11) is 0. The van der Waals surface area contributed by atoms with Gasteiger partial charge < -0.3 is 14.8 Å². The molecule has 1 amide bonds. The molecule has 0 radical (unpaired) electrons. The van der Waals surface area contributed by atoms with Crippen molar-refractivity contribution in [2.24, 2.45) is 5.92 Å². The molecule has 1 N–H and O–H groups in total. The average Bonchev–Trinajstić information content (AvgIpc) is 2.44. The number of nitrogens with one attached hydrogen (secondary N) is 1. The third-order valence-electron chi connectivity index (χ3n) is 2.74. The minimum Gasteiger partial charge on any atom is -0.493 e. The van der Waals surface area contributed by atoms with E-state index < -0.39 is 12.1 Å². The predicted molar refractivity (Wildman–Crippen MR) is 84.9 cm³/mol. The Morgan fingerprint density at radius 3 is 2.41 bits per heavy atom. The van der Waals surface area contributed by atoms with E-state index in [1.54, 1.807) is 31.2 Å². The van der Waals surface area contributed by atoms with E-state index in [4.69, 9.17) is 9.47 Å². The Hall–Kier alpha value is -2.04. The third kappa shape index (κ3) is 6.16. The molecule has 0 fully saturated rings. The van der Waals surface area contributed by atoms with Crippen LogP contribution >= 0.6 is 0 Å². The highest BCUT2D eigenvalue weighted by Crippen LogP contribution is 2.15. The lowest BCUT2D eigenvalue weighted by atomic mass is 10.2. The number of ether oxygens (including phenoxy) is 2. The van der Waals surface area contributed by atoms with Crippen LogP contribution in [0.1, 0.15) is 45.0 Å². The molecule has 1 atom stereocenters. The first-order valence-corrected chi connectivity index (χ1v) is 7.53. The highest BCUT2D eigenvalue weighted by Gasteiger charge is 2.19. The lowest BCUT2D eigenvalue weighted by molar-refractivity contribution is -0.129. The van der Waals surface area contributed by atoms with E-state index in [0.29, 0.717) is 23.8 Å². The van der Waals surface area contributed by atoms with Crippen LogP contribution in [0.2, 0.25) is 0 Å². The third-order valence-corrected chi connectivity index (χ3v) is 2.74. The summed E-state index contributed by atoms with van der Waals surface area (Å²) in [4.78, 5) is 23.8. The van der Waals surface area contributed by atoms with E-state index in [2.05, 4.69) is 5.32 Å². The summed E-state index contributed by atoms with van der Waals surface area (Å²) in [5.41, 5.74) is 0.366. The van der Waals surface area contributed by atoms with E-state index >= 15 is 0 Å². The van der Waals surface area contributed by atoms with Gasteiger partial charge in [-0.3, -0.25) is 4.79 Å². The number of esters is 1. The first-order valence-electron chi connectivity index (χ1n) is 7.53. The van der Waals surface area contributed by atoms with Gasteiger partial charge in [0.1, 0.15) is 5.75 Å². The Kier molecular flexibility index (Phi) is 6.89. The number of amides is 1. The van der Waals surface area contributed by atoms with Gasteiger partial charge >= 0.3 is 5.97 Å². The van der Waals surface area contributed by atoms with E-state index in [1.165, 1.54) is 0 Å². The van der Waals surface area contributed by atoms with Crippen molar-refractivity contribution in [2.45, 2.75) is 46.8 Å². The second-order valence-electron chi connectivity index (χ2n) is 5.94. The summed E-state index contributed by atoms with van der Waals surface area (Å²) in [6, 6.07) is 6.77. The molecule has 0 heterocycles. The highest BCUT2D eigenvalue weighted by molar-refractivity contribution is 5.92. The maximum Gasteiger partial charge on any atom is 0.339 e. The fourth-order valence-electron chi connectivity index (χ4n) is 1.66. The van der Waals surface area contributed by atoms with E-state index in [1.807, 2.05) is 27.7 Å². The fourth-order valence-corrected chi connectivity index (χ4v) is 1.66. The van der Waals surface area contributed by atoms with Gasteiger partial charge in [-0.25, -0.2) is 4.79 Å². The normalized spacial score (nSPS) is 12.1. The molecule has 0 aromatic heterocycles. The second kappa shape index (κ2) is 8.41. The smallest absolute Gasteiger partial charge is 0.339 e. The van der Waals surface area contributed by atoms with Gasteiger partial charge in [-0.1, -0.05) is 19.9 Å². The Labute approximate surface area is 132 Å². The Morgan fingerprint density at radius 2 is 1.82 bits per heavy atom. The largest absolute Gasteiger partial charge is 0.493 e. The maximum atomic E-state index is 12.1. The van der Waals surface area contributed by atoms with Crippen LogP contribution < -0.4 is 10.1 Å². The van der Waals surface area contributed by atoms with Gasteiger partial charge in [0, 0.05) is 6.04 Å². The average molecular weight is 307 g/mol. The number of rotatable bonds is 7. The molecule has 5 heteroatoms. The lowest BCUT2D eigenvalue weighted by Crippen LogP contribution is -2.39. The summed E-state index contributed by atoms with van der Waals surface area (Å²) in [6.07, 6.45) is -0.838. The molecule has 1 aromatic carbocycles. The Bertz CT molecular complexity index is 511. The zero-order valence-corrected chi connectivity index (χ0v) is 13.9. The van der Waals surface area contributed by atoms with Crippen LogP contribution in [0.5, 0.6) is 5.75 Å².